The summed E-state index contributed by atoms with van der Waals surface area (Å²) < 4.78 is 19.4. The Balaban J connectivity index is 2.10. The molecule has 1 aliphatic rings. The van der Waals surface area contributed by atoms with Crippen molar-refractivity contribution in [3.05, 3.63) is 29.6 Å². The number of aliphatic hydroxyl groups is 1. The van der Waals surface area contributed by atoms with Gasteiger partial charge in [0.05, 0.1) is 6.10 Å². The van der Waals surface area contributed by atoms with Crippen LogP contribution in [-0.2, 0) is 0 Å². The van der Waals surface area contributed by atoms with Crippen LogP contribution in [0.4, 0.5) is 4.39 Å². The summed E-state index contributed by atoms with van der Waals surface area (Å²) in [4.78, 5) is 0. The van der Waals surface area contributed by atoms with Gasteiger partial charge in [0.15, 0.2) is 11.6 Å². The molecule has 0 aliphatic heterocycles. The van der Waals surface area contributed by atoms with Crippen molar-refractivity contribution in [3.8, 4) is 5.75 Å². The van der Waals surface area contributed by atoms with Crippen molar-refractivity contribution in [2.24, 2.45) is 0 Å². The highest BCUT2D eigenvalue weighted by Crippen LogP contribution is 2.26. The molecule has 1 N–H and O–H groups in total. The third kappa shape index (κ3) is 2.97. The van der Waals surface area contributed by atoms with Crippen LogP contribution in [0.25, 0.3) is 0 Å². The molecule has 0 heterocycles. The minimum Gasteiger partial charge on any atom is -0.485 e. The van der Waals surface area contributed by atoms with E-state index in [1.165, 1.54) is 0 Å². The molecule has 17 heavy (non-hydrogen) atoms. The van der Waals surface area contributed by atoms with Gasteiger partial charge in [0.25, 0.3) is 0 Å². The molecule has 0 aromatic heterocycles. The molecule has 2 unspecified atom stereocenters. The summed E-state index contributed by atoms with van der Waals surface area (Å²) >= 11 is 0. The van der Waals surface area contributed by atoms with Crippen molar-refractivity contribution in [2.75, 3.05) is 0 Å². The van der Waals surface area contributed by atoms with E-state index >= 15 is 0 Å². The second-order valence-electron chi connectivity index (χ2n) is 4.75. The molecule has 0 amide bonds. The number of benzene rings is 1. The number of rotatable bonds is 2. The molecule has 0 saturated heterocycles. The second-order valence-corrected chi connectivity index (χ2v) is 4.75. The normalized spacial score (nSPS) is 25.4. The number of ether oxygens (including phenoxy) is 1. The number of halogens is 1. The molecule has 94 valence electrons. The lowest BCUT2D eigenvalue weighted by atomic mass is 10.1. The highest BCUT2D eigenvalue weighted by Gasteiger charge is 2.24. The van der Waals surface area contributed by atoms with Crippen LogP contribution in [0.5, 0.6) is 5.75 Å². The largest absolute Gasteiger partial charge is 0.485 e. The van der Waals surface area contributed by atoms with Crippen LogP contribution in [0.1, 0.15) is 37.7 Å². The van der Waals surface area contributed by atoms with E-state index in [1.807, 2.05) is 0 Å². The summed E-state index contributed by atoms with van der Waals surface area (Å²) in [6.07, 6.45) is 3.98. The van der Waals surface area contributed by atoms with E-state index in [-0.39, 0.29) is 17.7 Å². The fourth-order valence-corrected chi connectivity index (χ4v) is 2.27. The van der Waals surface area contributed by atoms with Crippen molar-refractivity contribution in [1.29, 1.82) is 0 Å². The Hall–Kier alpha value is -1.09. The molecule has 1 aliphatic carbocycles. The second kappa shape index (κ2) is 5.50. The summed E-state index contributed by atoms with van der Waals surface area (Å²) in [5.74, 6) is -0.0557. The minimum atomic E-state index is -0.475. The average Bonchev–Trinajstić information content (AvgIpc) is 2.51. The Labute approximate surface area is 101 Å². The number of aryl methyl sites for hydroxylation is 1. The monoisotopic (exact) mass is 238 g/mol. The molecular weight excluding hydrogens is 219 g/mol. The van der Waals surface area contributed by atoms with Crippen molar-refractivity contribution in [2.45, 2.75) is 51.2 Å². The van der Waals surface area contributed by atoms with E-state index in [0.29, 0.717) is 5.56 Å². The van der Waals surface area contributed by atoms with Gasteiger partial charge >= 0.3 is 0 Å². The molecule has 2 nitrogen and oxygen atoms in total. The lowest BCUT2D eigenvalue weighted by Gasteiger charge is -2.22. The molecule has 1 aromatic carbocycles. The van der Waals surface area contributed by atoms with Crippen molar-refractivity contribution in [3.63, 3.8) is 0 Å². The lowest BCUT2D eigenvalue weighted by molar-refractivity contribution is 0.0297. The highest BCUT2D eigenvalue weighted by molar-refractivity contribution is 5.30. The Morgan fingerprint density at radius 2 is 2.00 bits per heavy atom. The Morgan fingerprint density at radius 1 is 1.24 bits per heavy atom. The van der Waals surface area contributed by atoms with Crippen molar-refractivity contribution in [1.82, 2.24) is 0 Å². The standard InChI is InChI=1S/C14H19FO2/c1-10-6-5-9-13(14(10)15)17-12-8-4-2-3-7-11(12)16/h5-6,9,11-12,16H,2-4,7-8H2,1H3. The number of hydrogen-bond donors (Lipinski definition) is 1. The number of aliphatic hydroxyl groups excluding tert-OH is 1. The predicted molar refractivity (Wildman–Crippen MR) is 64.6 cm³/mol. The summed E-state index contributed by atoms with van der Waals surface area (Å²) in [5.41, 5.74) is 0.575. The first-order valence-corrected chi connectivity index (χ1v) is 6.28. The van der Waals surface area contributed by atoms with Crippen LogP contribution < -0.4 is 4.74 Å². The Kier molecular flexibility index (Phi) is 4.00. The van der Waals surface area contributed by atoms with Crippen LogP contribution >= 0.6 is 0 Å². The molecule has 0 bridgehead atoms. The van der Waals surface area contributed by atoms with E-state index in [2.05, 4.69) is 0 Å². The zero-order chi connectivity index (χ0) is 12.3. The van der Waals surface area contributed by atoms with Gasteiger partial charge in [-0.2, -0.15) is 0 Å². The third-order valence-corrected chi connectivity index (χ3v) is 3.35. The molecule has 1 saturated carbocycles. The van der Waals surface area contributed by atoms with Crippen LogP contribution in [0, 0.1) is 12.7 Å². The maximum absolute atomic E-state index is 13.8. The first kappa shape index (κ1) is 12.4. The molecule has 1 fully saturated rings. The quantitative estimate of drug-likeness (QED) is 0.802. The summed E-state index contributed by atoms with van der Waals surface area (Å²) in [6.45, 7) is 1.71. The predicted octanol–water partition coefficient (Wildman–Crippen LogP) is 3.21. The first-order valence-electron chi connectivity index (χ1n) is 6.28. The van der Waals surface area contributed by atoms with Gasteiger partial charge in [-0.05, 0) is 37.8 Å². The smallest absolute Gasteiger partial charge is 0.167 e. The summed E-state index contributed by atoms with van der Waals surface area (Å²) in [7, 11) is 0. The fraction of sp³-hybridized carbons (Fsp3) is 0.571. The molecule has 2 rings (SSSR count). The molecule has 0 radical (unpaired) electrons. The molecule has 0 spiro atoms. The summed E-state index contributed by atoms with van der Waals surface area (Å²) in [5, 5.41) is 9.92. The zero-order valence-electron chi connectivity index (χ0n) is 10.2. The molecule has 1 aromatic rings. The van der Waals surface area contributed by atoms with Gasteiger partial charge in [-0.3, -0.25) is 0 Å². The van der Waals surface area contributed by atoms with E-state index < -0.39 is 6.10 Å². The van der Waals surface area contributed by atoms with Gasteiger partial charge in [0, 0.05) is 0 Å². The van der Waals surface area contributed by atoms with E-state index in [0.717, 1.165) is 32.1 Å². The fourth-order valence-electron chi connectivity index (χ4n) is 2.27. The van der Waals surface area contributed by atoms with Crippen LogP contribution in [0.2, 0.25) is 0 Å². The number of hydrogen-bond acceptors (Lipinski definition) is 2. The minimum absolute atomic E-state index is 0.260. The first-order chi connectivity index (χ1) is 8.18. The van der Waals surface area contributed by atoms with Gasteiger partial charge in [-0.1, -0.05) is 25.0 Å². The van der Waals surface area contributed by atoms with E-state index in [9.17, 15) is 9.50 Å². The van der Waals surface area contributed by atoms with Gasteiger partial charge in [0.1, 0.15) is 6.10 Å². The van der Waals surface area contributed by atoms with Gasteiger partial charge in [0.2, 0.25) is 0 Å². The van der Waals surface area contributed by atoms with Gasteiger partial charge < -0.3 is 9.84 Å². The third-order valence-electron chi connectivity index (χ3n) is 3.35. The van der Waals surface area contributed by atoms with E-state index in [1.54, 1.807) is 25.1 Å². The molecular formula is C14H19FO2. The van der Waals surface area contributed by atoms with Gasteiger partial charge in [-0.25, -0.2) is 4.39 Å². The highest BCUT2D eigenvalue weighted by atomic mass is 19.1. The lowest BCUT2D eigenvalue weighted by Crippen LogP contribution is -2.30. The maximum Gasteiger partial charge on any atom is 0.167 e. The van der Waals surface area contributed by atoms with Gasteiger partial charge in [-0.15, -0.1) is 0 Å². The SMILES string of the molecule is Cc1cccc(OC2CCCCCC2O)c1F. The Morgan fingerprint density at radius 3 is 2.82 bits per heavy atom. The molecule has 2 atom stereocenters. The zero-order valence-corrected chi connectivity index (χ0v) is 10.2. The maximum atomic E-state index is 13.8. The average molecular weight is 238 g/mol. The summed E-state index contributed by atoms with van der Waals surface area (Å²) in [6, 6.07) is 5.11. The van der Waals surface area contributed by atoms with Crippen molar-refractivity contribution >= 4 is 0 Å². The van der Waals surface area contributed by atoms with Crippen molar-refractivity contribution < 1.29 is 14.2 Å². The molecule has 3 heteroatoms. The van der Waals surface area contributed by atoms with Crippen LogP contribution in [-0.4, -0.2) is 17.3 Å². The Bertz CT molecular complexity index is 378. The van der Waals surface area contributed by atoms with Crippen LogP contribution in [0.3, 0.4) is 0 Å². The van der Waals surface area contributed by atoms with Crippen LogP contribution in [0.15, 0.2) is 18.2 Å². The van der Waals surface area contributed by atoms with E-state index in [4.69, 9.17) is 4.74 Å². The topological polar surface area (TPSA) is 29.5 Å².